The van der Waals surface area contributed by atoms with Crippen LogP contribution in [-0.2, 0) is 12.0 Å². The summed E-state index contributed by atoms with van der Waals surface area (Å²) in [6.45, 7) is 10.0. The highest BCUT2D eigenvalue weighted by Gasteiger charge is 2.62. The van der Waals surface area contributed by atoms with Gasteiger partial charge in [-0.15, -0.1) is 0 Å². The van der Waals surface area contributed by atoms with E-state index in [2.05, 4.69) is 74.8 Å². The van der Waals surface area contributed by atoms with E-state index in [0.29, 0.717) is 5.92 Å². The van der Waals surface area contributed by atoms with E-state index in [9.17, 15) is 4.79 Å². The van der Waals surface area contributed by atoms with Crippen LogP contribution in [0.25, 0.3) is 16.5 Å². The topological polar surface area (TPSA) is 26.9 Å². The Hall–Kier alpha value is -2.29. The van der Waals surface area contributed by atoms with Gasteiger partial charge in [-0.05, 0) is 42.6 Å². The third kappa shape index (κ3) is 1.62. The van der Waals surface area contributed by atoms with Crippen molar-refractivity contribution in [3.8, 4) is 5.69 Å². The molecule has 2 aliphatic carbocycles. The minimum absolute atomic E-state index is 0.0814. The van der Waals surface area contributed by atoms with Crippen LogP contribution in [0.1, 0.15) is 57.7 Å². The lowest BCUT2D eigenvalue weighted by Crippen LogP contribution is -2.35. The quantitative estimate of drug-likeness (QED) is 0.642. The van der Waals surface area contributed by atoms with Crippen molar-refractivity contribution in [1.82, 2.24) is 9.36 Å². The van der Waals surface area contributed by atoms with E-state index < -0.39 is 0 Å². The summed E-state index contributed by atoms with van der Waals surface area (Å²) in [6.07, 6.45) is 2.31. The van der Waals surface area contributed by atoms with Crippen molar-refractivity contribution >= 4 is 10.8 Å². The van der Waals surface area contributed by atoms with Crippen LogP contribution in [0.4, 0.5) is 0 Å². The predicted octanol–water partition coefficient (Wildman–Crippen LogP) is 4.99. The lowest BCUT2D eigenvalue weighted by molar-refractivity contribution is 0.216. The molecule has 2 bridgehead atoms. The smallest absolute Gasteiger partial charge is 0.275 e. The van der Waals surface area contributed by atoms with Gasteiger partial charge in [-0.2, -0.15) is 0 Å². The highest BCUT2D eigenvalue weighted by atomic mass is 16.1. The molecule has 1 heterocycles. The van der Waals surface area contributed by atoms with Gasteiger partial charge < -0.3 is 0 Å². The van der Waals surface area contributed by atoms with Gasteiger partial charge in [-0.1, -0.05) is 57.2 Å². The third-order valence-corrected chi connectivity index (χ3v) is 7.57. The summed E-state index contributed by atoms with van der Waals surface area (Å²) in [5.74, 6) is 0.379. The molecule has 1 saturated carbocycles. The van der Waals surface area contributed by atoms with Crippen molar-refractivity contribution in [3.05, 3.63) is 64.1 Å². The van der Waals surface area contributed by atoms with Crippen LogP contribution in [0.15, 0.2) is 47.3 Å². The summed E-state index contributed by atoms with van der Waals surface area (Å²) >= 11 is 0. The van der Waals surface area contributed by atoms with Crippen LogP contribution in [0.5, 0.6) is 0 Å². The zero-order valence-corrected chi connectivity index (χ0v) is 16.0. The van der Waals surface area contributed by atoms with E-state index in [-0.39, 0.29) is 16.4 Å². The van der Waals surface area contributed by atoms with Crippen molar-refractivity contribution in [2.75, 3.05) is 0 Å². The third-order valence-electron chi connectivity index (χ3n) is 7.57. The maximum absolute atomic E-state index is 13.6. The number of rotatable bonds is 2. The molecule has 0 aliphatic heterocycles. The van der Waals surface area contributed by atoms with Gasteiger partial charge in [0.25, 0.3) is 5.56 Å². The molecule has 2 aromatic carbocycles. The SMILES string of the molecule is CCn1c2c(c(=O)n1-c1cccc3ccccc13)C1CCC2(C)C1(C)C. The summed E-state index contributed by atoms with van der Waals surface area (Å²) in [7, 11) is 0. The van der Waals surface area contributed by atoms with Gasteiger partial charge in [0, 0.05) is 22.9 Å². The molecule has 1 fully saturated rings. The minimum Gasteiger partial charge on any atom is -0.281 e. The first-order valence-electron chi connectivity index (χ1n) is 9.76. The fourth-order valence-electron chi connectivity index (χ4n) is 5.82. The van der Waals surface area contributed by atoms with Crippen LogP contribution >= 0.6 is 0 Å². The van der Waals surface area contributed by atoms with Crippen LogP contribution in [0.2, 0.25) is 0 Å². The van der Waals surface area contributed by atoms with E-state index in [0.717, 1.165) is 29.6 Å². The van der Waals surface area contributed by atoms with E-state index in [1.54, 1.807) is 0 Å². The summed E-state index contributed by atoms with van der Waals surface area (Å²) in [5.41, 5.74) is 3.81. The van der Waals surface area contributed by atoms with Gasteiger partial charge in [0.1, 0.15) is 0 Å². The fourth-order valence-corrected chi connectivity index (χ4v) is 5.82. The van der Waals surface area contributed by atoms with Gasteiger partial charge >= 0.3 is 0 Å². The summed E-state index contributed by atoms with van der Waals surface area (Å²) in [5, 5.41) is 2.31. The van der Waals surface area contributed by atoms with Crippen molar-refractivity contribution in [1.29, 1.82) is 0 Å². The Kier molecular flexibility index (Phi) is 3.00. The Morgan fingerprint density at radius 1 is 1.08 bits per heavy atom. The molecular weight excluding hydrogens is 320 g/mol. The largest absolute Gasteiger partial charge is 0.281 e. The van der Waals surface area contributed by atoms with Crippen molar-refractivity contribution in [2.24, 2.45) is 5.41 Å². The molecule has 134 valence electrons. The molecule has 0 saturated heterocycles. The predicted molar refractivity (Wildman–Crippen MR) is 106 cm³/mol. The van der Waals surface area contributed by atoms with Crippen molar-refractivity contribution in [3.63, 3.8) is 0 Å². The van der Waals surface area contributed by atoms with Crippen LogP contribution in [-0.4, -0.2) is 9.36 Å². The maximum Gasteiger partial charge on any atom is 0.275 e. The summed E-state index contributed by atoms with van der Waals surface area (Å²) in [6, 6.07) is 14.6. The Bertz CT molecular complexity index is 1100. The number of nitrogens with zero attached hydrogens (tertiary/aromatic N) is 2. The lowest BCUT2D eigenvalue weighted by Gasteiger charge is -2.36. The zero-order chi connectivity index (χ0) is 18.3. The first-order chi connectivity index (χ1) is 12.4. The average molecular weight is 346 g/mol. The molecule has 2 atom stereocenters. The number of benzene rings is 2. The molecule has 3 heteroatoms. The number of fused-ring (bicyclic) bond motifs is 6. The molecule has 3 aromatic rings. The normalized spacial score (nSPS) is 25.8. The van der Waals surface area contributed by atoms with Crippen LogP contribution in [0, 0.1) is 5.41 Å². The zero-order valence-electron chi connectivity index (χ0n) is 16.0. The maximum atomic E-state index is 13.6. The minimum atomic E-state index is 0.0814. The molecule has 2 aliphatic rings. The Balaban J connectivity index is 1.88. The Morgan fingerprint density at radius 3 is 2.58 bits per heavy atom. The van der Waals surface area contributed by atoms with Gasteiger partial charge in [-0.25, -0.2) is 4.68 Å². The fraction of sp³-hybridized carbons (Fsp3) is 0.435. The van der Waals surface area contributed by atoms with E-state index in [1.165, 1.54) is 17.5 Å². The standard InChI is InChI=1S/C23H26N2O/c1-5-24-20-19(17-13-14-23(20,4)22(17,2)3)21(26)25(24)18-12-8-10-15-9-6-7-11-16(15)18/h6-12,17H,5,13-14H2,1-4H3. The van der Waals surface area contributed by atoms with E-state index in [1.807, 2.05) is 4.68 Å². The van der Waals surface area contributed by atoms with Gasteiger partial charge in [0.15, 0.2) is 0 Å². The Morgan fingerprint density at radius 2 is 1.81 bits per heavy atom. The molecule has 0 amide bonds. The van der Waals surface area contributed by atoms with Gasteiger partial charge in [-0.3, -0.25) is 9.48 Å². The van der Waals surface area contributed by atoms with Gasteiger partial charge in [0.2, 0.25) is 0 Å². The molecule has 2 unspecified atom stereocenters. The number of hydrogen-bond acceptors (Lipinski definition) is 1. The van der Waals surface area contributed by atoms with Crippen molar-refractivity contribution in [2.45, 2.75) is 58.4 Å². The van der Waals surface area contributed by atoms with Crippen LogP contribution in [0.3, 0.4) is 0 Å². The molecule has 0 spiro atoms. The number of hydrogen-bond donors (Lipinski definition) is 0. The van der Waals surface area contributed by atoms with Gasteiger partial charge in [0.05, 0.1) is 11.4 Å². The molecule has 0 N–H and O–H groups in total. The molecule has 5 rings (SSSR count). The second kappa shape index (κ2) is 4.91. The second-order valence-corrected chi connectivity index (χ2v) is 8.74. The first kappa shape index (κ1) is 15.9. The molecule has 26 heavy (non-hydrogen) atoms. The Labute approximate surface area is 154 Å². The molecule has 1 aromatic heterocycles. The number of aromatic nitrogens is 2. The molecular formula is C23H26N2O. The summed E-state index contributed by atoms with van der Waals surface area (Å²) < 4.78 is 4.22. The highest BCUT2D eigenvalue weighted by molar-refractivity contribution is 5.90. The van der Waals surface area contributed by atoms with Crippen molar-refractivity contribution < 1.29 is 0 Å². The van der Waals surface area contributed by atoms with E-state index in [4.69, 9.17) is 0 Å². The van der Waals surface area contributed by atoms with E-state index >= 15 is 0 Å². The first-order valence-corrected chi connectivity index (χ1v) is 9.76. The monoisotopic (exact) mass is 346 g/mol. The summed E-state index contributed by atoms with van der Waals surface area (Å²) in [4.78, 5) is 13.6. The highest BCUT2D eigenvalue weighted by Crippen LogP contribution is 2.67. The second-order valence-electron chi connectivity index (χ2n) is 8.74. The van der Waals surface area contributed by atoms with Crippen LogP contribution < -0.4 is 5.56 Å². The molecule has 3 nitrogen and oxygen atoms in total. The lowest BCUT2D eigenvalue weighted by atomic mass is 9.70. The average Bonchev–Trinajstić information content (AvgIpc) is 3.13. The molecule has 0 radical (unpaired) electrons.